The SMILES string of the molecule is Oc1ccc2ccccc2c1/C=N\N=C\c1ccco1. The number of benzene rings is 2. The second kappa shape index (κ2) is 5.40. The Morgan fingerprint density at radius 2 is 1.75 bits per heavy atom. The van der Waals surface area contributed by atoms with Crippen LogP contribution < -0.4 is 0 Å². The summed E-state index contributed by atoms with van der Waals surface area (Å²) in [6.45, 7) is 0. The number of phenolic OH excluding ortho intramolecular Hbond substituents is 1. The molecule has 4 heteroatoms. The summed E-state index contributed by atoms with van der Waals surface area (Å²) in [7, 11) is 0. The Hall–Kier alpha value is -2.88. The third-order valence-electron chi connectivity index (χ3n) is 2.93. The van der Waals surface area contributed by atoms with Crippen LogP contribution in [0.1, 0.15) is 11.3 Å². The maximum absolute atomic E-state index is 9.93. The van der Waals surface area contributed by atoms with E-state index in [1.807, 2.05) is 30.3 Å². The topological polar surface area (TPSA) is 58.1 Å². The zero-order chi connectivity index (χ0) is 13.8. The van der Waals surface area contributed by atoms with E-state index in [-0.39, 0.29) is 5.75 Å². The van der Waals surface area contributed by atoms with Gasteiger partial charge in [0.2, 0.25) is 0 Å². The Morgan fingerprint density at radius 3 is 2.60 bits per heavy atom. The first kappa shape index (κ1) is 12.2. The average molecular weight is 264 g/mol. The van der Waals surface area contributed by atoms with Crippen LogP contribution in [0.15, 0.2) is 69.4 Å². The fourth-order valence-electron chi connectivity index (χ4n) is 1.97. The molecule has 0 unspecified atom stereocenters. The third-order valence-corrected chi connectivity index (χ3v) is 2.93. The Kier molecular flexibility index (Phi) is 3.29. The number of fused-ring (bicyclic) bond motifs is 1. The minimum absolute atomic E-state index is 0.181. The van der Waals surface area contributed by atoms with Crippen LogP contribution >= 0.6 is 0 Å². The zero-order valence-electron chi connectivity index (χ0n) is 10.6. The Morgan fingerprint density at radius 1 is 0.900 bits per heavy atom. The van der Waals surface area contributed by atoms with Crippen molar-refractivity contribution in [2.75, 3.05) is 0 Å². The van der Waals surface area contributed by atoms with Gasteiger partial charge >= 0.3 is 0 Å². The number of hydrogen-bond acceptors (Lipinski definition) is 4. The number of nitrogens with zero attached hydrogens (tertiary/aromatic N) is 2. The first-order valence-electron chi connectivity index (χ1n) is 6.15. The van der Waals surface area contributed by atoms with Crippen LogP contribution in [0.25, 0.3) is 10.8 Å². The molecule has 0 atom stereocenters. The van der Waals surface area contributed by atoms with Crippen LogP contribution in [-0.2, 0) is 0 Å². The van der Waals surface area contributed by atoms with Crippen molar-refractivity contribution in [3.63, 3.8) is 0 Å². The first-order chi connectivity index (χ1) is 9.84. The molecule has 0 bridgehead atoms. The number of aromatic hydroxyl groups is 1. The van der Waals surface area contributed by atoms with E-state index in [2.05, 4.69) is 10.2 Å². The van der Waals surface area contributed by atoms with Gasteiger partial charge in [-0.05, 0) is 29.0 Å². The summed E-state index contributed by atoms with van der Waals surface area (Å²) in [4.78, 5) is 0. The van der Waals surface area contributed by atoms with Gasteiger partial charge in [-0.1, -0.05) is 30.3 Å². The second-order valence-electron chi connectivity index (χ2n) is 4.22. The molecular weight excluding hydrogens is 252 g/mol. The van der Waals surface area contributed by atoms with Crippen LogP contribution in [0.4, 0.5) is 0 Å². The van der Waals surface area contributed by atoms with Crippen molar-refractivity contribution in [1.29, 1.82) is 0 Å². The molecule has 4 nitrogen and oxygen atoms in total. The average Bonchev–Trinajstić information content (AvgIpc) is 2.98. The zero-order valence-corrected chi connectivity index (χ0v) is 10.6. The summed E-state index contributed by atoms with van der Waals surface area (Å²) in [5.41, 5.74) is 0.652. The number of rotatable bonds is 3. The van der Waals surface area contributed by atoms with Gasteiger partial charge < -0.3 is 9.52 Å². The number of phenols is 1. The van der Waals surface area contributed by atoms with E-state index in [4.69, 9.17) is 4.42 Å². The highest BCUT2D eigenvalue weighted by Gasteiger charge is 2.03. The maximum Gasteiger partial charge on any atom is 0.146 e. The van der Waals surface area contributed by atoms with E-state index >= 15 is 0 Å². The van der Waals surface area contributed by atoms with Crippen LogP contribution in [0.2, 0.25) is 0 Å². The van der Waals surface area contributed by atoms with E-state index in [1.165, 1.54) is 12.4 Å². The first-order valence-corrected chi connectivity index (χ1v) is 6.15. The molecule has 3 rings (SSSR count). The molecule has 1 heterocycles. The summed E-state index contributed by atoms with van der Waals surface area (Å²) in [5, 5.41) is 19.8. The Labute approximate surface area is 115 Å². The second-order valence-corrected chi connectivity index (χ2v) is 4.22. The molecular formula is C16H12N2O2. The van der Waals surface area contributed by atoms with Crippen molar-refractivity contribution >= 4 is 23.2 Å². The molecule has 0 spiro atoms. The Bertz CT molecular complexity index is 774. The lowest BCUT2D eigenvalue weighted by Crippen LogP contribution is -1.85. The lowest BCUT2D eigenvalue weighted by atomic mass is 10.0. The lowest BCUT2D eigenvalue weighted by Gasteiger charge is -2.03. The summed E-state index contributed by atoms with van der Waals surface area (Å²) < 4.78 is 5.11. The van der Waals surface area contributed by atoms with Crippen LogP contribution in [0.3, 0.4) is 0 Å². The fourth-order valence-corrected chi connectivity index (χ4v) is 1.97. The highest BCUT2D eigenvalue weighted by molar-refractivity contribution is 6.02. The molecule has 0 saturated heterocycles. The van der Waals surface area contributed by atoms with Crippen molar-refractivity contribution in [2.24, 2.45) is 10.2 Å². The summed E-state index contributed by atoms with van der Waals surface area (Å²) in [6.07, 6.45) is 4.62. The van der Waals surface area contributed by atoms with E-state index in [9.17, 15) is 5.11 Å². The van der Waals surface area contributed by atoms with E-state index in [0.29, 0.717) is 11.3 Å². The molecule has 0 aliphatic carbocycles. The normalized spacial score (nSPS) is 11.8. The molecule has 1 N–H and O–H groups in total. The summed E-state index contributed by atoms with van der Waals surface area (Å²) >= 11 is 0. The monoisotopic (exact) mass is 264 g/mol. The summed E-state index contributed by atoms with van der Waals surface area (Å²) in [5.74, 6) is 0.810. The van der Waals surface area contributed by atoms with Gasteiger partial charge in [0, 0.05) is 5.56 Å². The molecule has 0 aliphatic heterocycles. The van der Waals surface area contributed by atoms with Gasteiger partial charge in [-0.15, -0.1) is 0 Å². The van der Waals surface area contributed by atoms with Crippen molar-refractivity contribution in [3.05, 3.63) is 66.1 Å². The van der Waals surface area contributed by atoms with Crippen LogP contribution in [0, 0.1) is 0 Å². The molecule has 98 valence electrons. The Balaban J connectivity index is 1.92. The predicted octanol–water partition coefficient (Wildman–Crippen LogP) is 3.59. The van der Waals surface area contributed by atoms with Crippen molar-refractivity contribution < 1.29 is 9.52 Å². The highest BCUT2D eigenvalue weighted by atomic mass is 16.3. The molecule has 20 heavy (non-hydrogen) atoms. The van der Waals surface area contributed by atoms with Crippen molar-refractivity contribution in [1.82, 2.24) is 0 Å². The van der Waals surface area contributed by atoms with E-state index < -0.39 is 0 Å². The molecule has 2 aromatic carbocycles. The van der Waals surface area contributed by atoms with Gasteiger partial charge in [0.1, 0.15) is 11.5 Å². The molecule has 0 aliphatic rings. The quantitative estimate of drug-likeness (QED) is 0.580. The van der Waals surface area contributed by atoms with Gasteiger partial charge in [-0.2, -0.15) is 10.2 Å². The lowest BCUT2D eigenvalue weighted by molar-refractivity contribution is 0.475. The van der Waals surface area contributed by atoms with Crippen LogP contribution in [-0.4, -0.2) is 17.5 Å². The fraction of sp³-hybridized carbons (Fsp3) is 0. The largest absolute Gasteiger partial charge is 0.507 e. The molecule has 0 radical (unpaired) electrons. The number of furan rings is 1. The van der Waals surface area contributed by atoms with Crippen molar-refractivity contribution in [2.45, 2.75) is 0 Å². The number of hydrogen-bond donors (Lipinski definition) is 1. The smallest absolute Gasteiger partial charge is 0.146 e. The van der Waals surface area contributed by atoms with Gasteiger partial charge in [0.15, 0.2) is 0 Å². The third kappa shape index (κ3) is 2.44. The van der Waals surface area contributed by atoms with Gasteiger partial charge in [-0.25, -0.2) is 0 Å². The standard InChI is InChI=1S/C16H12N2O2/c19-16-8-7-12-4-1-2-6-14(12)15(16)11-18-17-10-13-5-3-9-20-13/h1-11,19H/b17-10+,18-11-. The molecule has 0 fully saturated rings. The van der Waals surface area contributed by atoms with Gasteiger partial charge in [0.25, 0.3) is 0 Å². The van der Waals surface area contributed by atoms with E-state index in [0.717, 1.165) is 10.8 Å². The predicted molar refractivity (Wildman–Crippen MR) is 79.5 cm³/mol. The summed E-state index contributed by atoms with van der Waals surface area (Å²) in [6, 6.07) is 14.9. The maximum atomic E-state index is 9.93. The molecule has 0 saturated carbocycles. The van der Waals surface area contributed by atoms with Gasteiger partial charge in [-0.3, -0.25) is 0 Å². The van der Waals surface area contributed by atoms with E-state index in [1.54, 1.807) is 24.5 Å². The molecule has 0 amide bonds. The molecule has 1 aromatic heterocycles. The minimum Gasteiger partial charge on any atom is -0.507 e. The minimum atomic E-state index is 0.181. The highest BCUT2D eigenvalue weighted by Crippen LogP contribution is 2.25. The molecule has 3 aromatic rings. The van der Waals surface area contributed by atoms with Gasteiger partial charge in [0.05, 0.1) is 18.7 Å². The van der Waals surface area contributed by atoms with Crippen LogP contribution in [0.5, 0.6) is 5.75 Å². The van der Waals surface area contributed by atoms with Crippen molar-refractivity contribution in [3.8, 4) is 5.75 Å².